The highest BCUT2D eigenvalue weighted by Crippen LogP contribution is 2.15. The molecule has 0 saturated carbocycles. The molecule has 3 aromatic rings. The number of nitrogens with zero attached hydrogens (tertiary/aromatic N) is 2. The van der Waals surface area contributed by atoms with Crippen molar-refractivity contribution in [1.82, 2.24) is 9.78 Å². The van der Waals surface area contributed by atoms with Crippen molar-refractivity contribution in [2.45, 2.75) is 32.9 Å². The number of carbonyl (C=O) groups is 3. The molecule has 0 saturated heterocycles. The first-order valence-corrected chi connectivity index (χ1v) is 9.35. The summed E-state index contributed by atoms with van der Waals surface area (Å²) >= 11 is 0. The number of benzene rings is 1. The summed E-state index contributed by atoms with van der Waals surface area (Å²) in [5.41, 5.74) is 0.735. The second-order valence-corrected chi connectivity index (χ2v) is 6.80. The number of nitrogens with one attached hydrogen (secondary N) is 2. The van der Waals surface area contributed by atoms with Gasteiger partial charge >= 0.3 is 5.97 Å². The van der Waals surface area contributed by atoms with Crippen LogP contribution >= 0.6 is 0 Å². The maximum atomic E-state index is 12.4. The van der Waals surface area contributed by atoms with Crippen LogP contribution in [0.15, 0.2) is 59.3 Å². The monoisotopic (exact) mass is 410 g/mol. The summed E-state index contributed by atoms with van der Waals surface area (Å²) in [6.07, 6.45) is 1.98. The SMILES string of the molecule is CC(C)n1nccc1NC(=O)[C@H](C)OC(=O)c1ccc(NC(=O)c2ccco2)cc1. The molecule has 2 aromatic heterocycles. The van der Waals surface area contributed by atoms with E-state index in [-0.39, 0.29) is 17.4 Å². The number of anilines is 2. The van der Waals surface area contributed by atoms with E-state index >= 15 is 0 Å². The summed E-state index contributed by atoms with van der Waals surface area (Å²) in [4.78, 5) is 36.7. The van der Waals surface area contributed by atoms with E-state index < -0.39 is 23.9 Å². The van der Waals surface area contributed by atoms with Gasteiger partial charge in [-0.1, -0.05) is 0 Å². The maximum absolute atomic E-state index is 12.4. The van der Waals surface area contributed by atoms with Crippen LogP contribution in [0.5, 0.6) is 0 Å². The van der Waals surface area contributed by atoms with Gasteiger partial charge in [-0.2, -0.15) is 5.10 Å². The van der Waals surface area contributed by atoms with Gasteiger partial charge in [0, 0.05) is 17.8 Å². The minimum atomic E-state index is -1.01. The van der Waals surface area contributed by atoms with E-state index in [0.717, 1.165) is 0 Å². The largest absolute Gasteiger partial charge is 0.459 e. The third-order valence-electron chi connectivity index (χ3n) is 4.19. The lowest BCUT2D eigenvalue weighted by atomic mass is 10.2. The fraction of sp³-hybridized carbons (Fsp3) is 0.238. The standard InChI is InChI=1S/C21H22N4O5/c1-13(2)25-18(10-11-22-25)24-19(26)14(3)30-21(28)15-6-8-16(9-7-15)23-20(27)17-5-4-12-29-17/h4-14H,1-3H3,(H,23,27)(H,24,26)/t14-/m0/s1. The van der Waals surface area contributed by atoms with E-state index in [0.29, 0.717) is 11.5 Å². The van der Waals surface area contributed by atoms with Crippen LogP contribution in [0.1, 0.15) is 47.7 Å². The lowest BCUT2D eigenvalue weighted by Crippen LogP contribution is -2.31. The summed E-state index contributed by atoms with van der Waals surface area (Å²) in [5, 5.41) is 9.49. The van der Waals surface area contributed by atoms with Crippen molar-refractivity contribution >= 4 is 29.3 Å². The molecule has 9 heteroatoms. The number of rotatable bonds is 7. The molecule has 1 aromatic carbocycles. The van der Waals surface area contributed by atoms with Gasteiger partial charge in [-0.3, -0.25) is 9.59 Å². The molecule has 0 aliphatic rings. The predicted octanol–water partition coefficient (Wildman–Crippen LogP) is 3.49. The Hall–Kier alpha value is -3.88. The smallest absolute Gasteiger partial charge is 0.338 e. The Labute approximate surface area is 173 Å². The average molecular weight is 410 g/mol. The molecule has 0 fully saturated rings. The van der Waals surface area contributed by atoms with Crippen molar-refractivity contribution in [2.75, 3.05) is 10.6 Å². The highest BCUT2D eigenvalue weighted by molar-refractivity contribution is 6.02. The van der Waals surface area contributed by atoms with Gasteiger partial charge < -0.3 is 19.8 Å². The Morgan fingerprint density at radius 2 is 1.77 bits per heavy atom. The number of hydrogen-bond donors (Lipinski definition) is 2. The average Bonchev–Trinajstić information content (AvgIpc) is 3.40. The van der Waals surface area contributed by atoms with Gasteiger partial charge in [0.1, 0.15) is 5.82 Å². The van der Waals surface area contributed by atoms with Gasteiger partial charge in [-0.25, -0.2) is 9.48 Å². The molecule has 30 heavy (non-hydrogen) atoms. The molecule has 2 heterocycles. The highest BCUT2D eigenvalue weighted by atomic mass is 16.5. The Balaban J connectivity index is 1.56. The number of carbonyl (C=O) groups excluding carboxylic acids is 3. The zero-order chi connectivity index (χ0) is 21.7. The van der Waals surface area contributed by atoms with Crippen LogP contribution in [0, 0.1) is 0 Å². The summed E-state index contributed by atoms with van der Waals surface area (Å²) in [5.74, 6) is -0.819. The van der Waals surface area contributed by atoms with Crippen LogP contribution in [0.3, 0.4) is 0 Å². The highest BCUT2D eigenvalue weighted by Gasteiger charge is 2.21. The third-order valence-corrected chi connectivity index (χ3v) is 4.19. The van der Waals surface area contributed by atoms with Crippen LogP contribution in [0.25, 0.3) is 0 Å². The summed E-state index contributed by atoms with van der Waals surface area (Å²) in [6, 6.07) is 11.0. The molecule has 2 N–H and O–H groups in total. The Kier molecular flexibility index (Phi) is 6.31. The van der Waals surface area contributed by atoms with E-state index in [2.05, 4.69) is 15.7 Å². The molecule has 0 unspecified atom stereocenters. The molecule has 0 aliphatic carbocycles. The fourth-order valence-electron chi connectivity index (χ4n) is 2.62. The van der Waals surface area contributed by atoms with Gasteiger partial charge in [0.25, 0.3) is 11.8 Å². The quantitative estimate of drug-likeness (QED) is 0.576. The van der Waals surface area contributed by atoms with Gasteiger partial charge in [0.15, 0.2) is 11.9 Å². The van der Waals surface area contributed by atoms with Gasteiger partial charge in [-0.15, -0.1) is 0 Å². The number of esters is 1. The van der Waals surface area contributed by atoms with E-state index in [1.54, 1.807) is 41.2 Å². The van der Waals surface area contributed by atoms with Gasteiger partial charge in [0.2, 0.25) is 0 Å². The van der Waals surface area contributed by atoms with Crippen LogP contribution in [-0.4, -0.2) is 33.7 Å². The first-order valence-electron chi connectivity index (χ1n) is 9.35. The van der Waals surface area contributed by atoms with Crippen LogP contribution in [0.4, 0.5) is 11.5 Å². The van der Waals surface area contributed by atoms with Crippen molar-refractivity contribution in [3.63, 3.8) is 0 Å². The van der Waals surface area contributed by atoms with Crippen molar-refractivity contribution in [1.29, 1.82) is 0 Å². The zero-order valence-electron chi connectivity index (χ0n) is 16.8. The molecule has 0 radical (unpaired) electrons. The fourth-order valence-corrected chi connectivity index (χ4v) is 2.62. The topological polar surface area (TPSA) is 115 Å². The first kappa shape index (κ1) is 20.8. The van der Waals surface area contributed by atoms with E-state index in [4.69, 9.17) is 9.15 Å². The summed E-state index contributed by atoms with van der Waals surface area (Å²) in [6.45, 7) is 5.36. The van der Waals surface area contributed by atoms with Crippen LogP contribution in [0.2, 0.25) is 0 Å². The minimum absolute atomic E-state index is 0.0694. The zero-order valence-corrected chi connectivity index (χ0v) is 16.8. The second-order valence-electron chi connectivity index (χ2n) is 6.80. The molecule has 2 amide bonds. The molecule has 3 rings (SSSR count). The van der Waals surface area contributed by atoms with E-state index in [1.165, 1.54) is 25.3 Å². The summed E-state index contributed by atoms with van der Waals surface area (Å²) in [7, 11) is 0. The van der Waals surface area contributed by atoms with Gasteiger partial charge in [-0.05, 0) is 57.2 Å². The lowest BCUT2D eigenvalue weighted by Gasteiger charge is -2.16. The van der Waals surface area contributed by atoms with Crippen molar-refractivity contribution in [3.8, 4) is 0 Å². The molecule has 0 spiro atoms. The molecule has 0 aliphatic heterocycles. The Morgan fingerprint density at radius 1 is 1.03 bits per heavy atom. The second kappa shape index (κ2) is 9.08. The third kappa shape index (κ3) is 4.93. The number of amides is 2. The maximum Gasteiger partial charge on any atom is 0.338 e. The minimum Gasteiger partial charge on any atom is -0.459 e. The first-order chi connectivity index (χ1) is 14.3. The Morgan fingerprint density at radius 3 is 2.40 bits per heavy atom. The number of ether oxygens (including phenoxy) is 1. The van der Waals surface area contributed by atoms with Crippen LogP contribution in [-0.2, 0) is 9.53 Å². The number of furan rings is 1. The summed E-state index contributed by atoms with van der Waals surface area (Å²) < 4.78 is 11.9. The van der Waals surface area contributed by atoms with E-state index in [9.17, 15) is 14.4 Å². The lowest BCUT2D eigenvalue weighted by molar-refractivity contribution is -0.123. The molecular formula is C21H22N4O5. The number of hydrogen-bond acceptors (Lipinski definition) is 6. The van der Waals surface area contributed by atoms with Crippen molar-refractivity contribution in [2.24, 2.45) is 0 Å². The molecule has 0 bridgehead atoms. The van der Waals surface area contributed by atoms with Crippen molar-refractivity contribution < 1.29 is 23.5 Å². The molecule has 9 nitrogen and oxygen atoms in total. The van der Waals surface area contributed by atoms with Gasteiger partial charge in [0.05, 0.1) is 18.0 Å². The molecular weight excluding hydrogens is 388 g/mol. The van der Waals surface area contributed by atoms with E-state index in [1.807, 2.05) is 13.8 Å². The normalized spacial score (nSPS) is 11.7. The molecule has 156 valence electrons. The molecule has 1 atom stereocenters. The van der Waals surface area contributed by atoms with Crippen molar-refractivity contribution in [3.05, 3.63) is 66.2 Å². The Bertz CT molecular complexity index is 1020. The predicted molar refractivity (Wildman–Crippen MR) is 109 cm³/mol. The van der Waals surface area contributed by atoms with Crippen LogP contribution < -0.4 is 10.6 Å². The number of aromatic nitrogens is 2.